The molecule has 0 aliphatic heterocycles. The lowest BCUT2D eigenvalue weighted by Crippen LogP contribution is -2.38. The molecule has 1 atom stereocenters. The van der Waals surface area contributed by atoms with Crippen LogP contribution in [0.25, 0.3) is 0 Å². The van der Waals surface area contributed by atoms with E-state index in [1.807, 2.05) is 27.7 Å². The molecule has 0 radical (unpaired) electrons. The van der Waals surface area contributed by atoms with Crippen molar-refractivity contribution < 1.29 is 13.9 Å². The second kappa shape index (κ2) is 5.85. The molecule has 0 aliphatic rings. The number of hydrogen-bond acceptors (Lipinski definition) is 2. The fourth-order valence-electron chi connectivity index (χ4n) is 1.53. The number of amides is 1. The maximum Gasteiger partial charge on any atom is 0.407 e. The molecule has 1 amide bonds. The zero-order chi connectivity index (χ0) is 13.8. The Morgan fingerprint density at radius 3 is 2.39 bits per heavy atom. The maximum atomic E-state index is 12.7. The first kappa shape index (κ1) is 14.5. The minimum Gasteiger partial charge on any atom is -0.444 e. The third kappa shape index (κ3) is 5.66. The van der Waals surface area contributed by atoms with E-state index in [2.05, 4.69) is 5.32 Å². The van der Waals surface area contributed by atoms with Crippen molar-refractivity contribution in [1.82, 2.24) is 5.32 Å². The summed E-state index contributed by atoms with van der Waals surface area (Å²) in [5.41, 5.74) is 0.472. The third-order valence-electron chi connectivity index (χ3n) is 2.22. The number of nitrogens with one attached hydrogen (secondary N) is 1. The van der Waals surface area contributed by atoms with E-state index in [0.29, 0.717) is 6.42 Å². The minimum atomic E-state index is -0.500. The Labute approximate surface area is 107 Å². The van der Waals surface area contributed by atoms with Gasteiger partial charge in [0.15, 0.2) is 0 Å². The number of carbonyl (C=O) groups excluding carboxylic acids is 1. The number of halogens is 1. The van der Waals surface area contributed by atoms with Crippen LogP contribution in [0.5, 0.6) is 0 Å². The van der Waals surface area contributed by atoms with Gasteiger partial charge in [0, 0.05) is 6.04 Å². The van der Waals surface area contributed by atoms with Gasteiger partial charge in [-0.2, -0.15) is 0 Å². The molecule has 0 saturated carbocycles. The van der Waals surface area contributed by atoms with Gasteiger partial charge in [0.2, 0.25) is 0 Å². The van der Waals surface area contributed by atoms with Gasteiger partial charge in [-0.25, -0.2) is 9.18 Å². The van der Waals surface area contributed by atoms with Crippen LogP contribution in [0.3, 0.4) is 0 Å². The lowest BCUT2D eigenvalue weighted by atomic mass is 10.1. The van der Waals surface area contributed by atoms with Crippen molar-refractivity contribution in [3.8, 4) is 0 Å². The van der Waals surface area contributed by atoms with Crippen molar-refractivity contribution in [2.24, 2.45) is 0 Å². The van der Waals surface area contributed by atoms with Gasteiger partial charge in [-0.15, -0.1) is 0 Å². The predicted molar refractivity (Wildman–Crippen MR) is 68.9 cm³/mol. The summed E-state index contributed by atoms with van der Waals surface area (Å²) < 4.78 is 17.9. The number of alkyl carbamates (subject to hydrolysis) is 1. The first-order valence-corrected chi connectivity index (χ1v) is 6.00. The number of hydrogen-bond donors (Lipinski definition) is 1. The molecule has 3 nitrogen and oxygen atoms in total. The van der Waals surface area contributed by atoms with E-state index in [1.54, 1.807) is 12.1 Å². The minimum absolute atomic E-state index is 0.0645. The van der Waals surface area contributed by atoms with Crippen molar-refractivity contribution in [2.75, 3.05) is 0 Å². The van der Waals surface area contributed by atoms with Gasteiger partial charge in [0.25, 0.3) is 0 Å². The Morgan fingerprint density at radius 1 is 1.33 bits per heavy atom. The first-order chi connectivity index (χ1) is 8.26. The van der Waals surface area contributed by atoms with E-state index in [9.17, 15) is 9.18 Å². The number of benzene rings is 1. The Bertz CT molecular complexity index is 395. The van der Waals surface area contributed by atoms with Crippen molar-refractivity contribution in [1.29, 1.82) is 0 Å². The third-order valence-corrected chi connectivity index (χ3v) is 2.22. The van der Waals surface area contributed by atoms with Crippen molar-refractivity contribution in [3.05, 3.63) is 35.6 Å². The number of rotatable bonds is 3. The Balaban J connectivity index is 2.44. The predicted octanol–water partition coefficient (Wildman–Crippen LogP) is 3.28. The summed E-state index contributed by atoms with van der Waals surface area (Å²) in [4.78, 5) is 11.5. The van der Waals surface area contributed by atoms with Crippen LogP contribution >= 0.6 is 0 Å². The van der Waals surface area contributed by atoms with E-state index in [-0.39, 0.29) is 11.9 Å². The molecular formula is C14H20FNO2. The van der Waals surface area contributed by atoms with Gasteiger partial charge in [-0.05, 0) is 51.8 Å². The molecule has 0 bridgehead atoms. The second-order valence-corrected chi connectivity index (χ2v) is 5.38. The molecule has 1 rings (SSSR count). The molecule has 18 heavy (non-hydrogen) atoms. The maximum absolute atomic E-state index is 12.7. The van der Waals surface area contributed by atoms with Gasteiger partial charge >= 0.3 is 6.09 Å². The molecule has 1 N–H and O–H groups in total. The van der Waals surface area contributed by atoms with E-state index in [0.717, 1.165) is 5.56 Å². The molecule has 0 fully saturated rings. The highest BCUT2D eigenvalue weighted by atomic mass is 19.1. The highest BCUT2D eigenvalue weighted by molar-refractivity contribution is 5.68. The largest absolute Gasteiger partial charge is 0.444 e. The SMILES string of the molecule is CC(Cc1ccc(F)cc1)NC(=O)OC(C)(C)C. The summed E-state index contributed by atoms with van der Waals surface area (Å²) in [5.74, 6) is -0.258. The second-order valence-electron chi connectivity index (χ2n) is 5.38. The Kier molecular flexibility index (Phi) is 4.70. The van der Waals surface area contributed by atoms with Crippen LogP contribution in [0, 0.1) is 5.82 Å². The summed E-state index contributed by atoms with van der Waals surface area (Å²) in [6.07, 6.45) is 0.205. The van der Waals surface area contributed by atoms with Crippen LogP contribution in [-0.4, -0.2) is 17.7 Å². The van der Waals surface area contributed by atoms with Gasteiger partial charge in [-0.3, -0.25) is 0 Å². The Hall–Kier alpha value is -1.58. The van der Waals surface area contributed by atoms with Crippen molar-refractivity contribution in [3.63, 3.8) is 0 Å². The molecule has 0 saturated heterocycles. The highest BCUT2D eigenvalue weighted by Gasteiger charge is 2.17. The Morgan fingerprint density at radius 2 is 1.89 bits per heavy atom. The standard InChI is InChI=1S/C14H20FNO2/c1-10(16-13(17)18-14(2,3)4)9-11-5-7-12(15)8-6-11/h5-8,10H,9H2,1-4H3,(H,16,17). The first-order valence-electron chi connectivity index (χ1n) is 6.00. The van der Waals surface area contributed by atoms with Crippen LogP contribution in [0.1, 0.15) is 33.3 Å². The van der Waals surface area contributed by atoms with Gasteiger partial charge in [0.05, 0.1) is 0 Å². The molecule has 0 spiro atoms. The molecule has 1 aromatic carbocycles. The van der Waals surface area contributed by atoms with Crippen LogP contribution in [0.2, 0.25) is 0 Å². The van der Waals surface area contributed by atoms with E-state index < -0.39 is 11.7 Å². The summed E-state index contributed by atoms with van der Waals surface area (Å²) in [6, 6.07) is 6.18. The fraction of sp³-hybridized carbons (Fsp3) is 0.500. The van der Waals surface area contributed by atoms with Crippen molar-refractivity contribution >= 4 is 6.09 Å². The fourth-order valence-corrected chi connectivity index (χ4v) is 1.53. The van der Waals surface area contributed by atoms with Gasteiger partial charge < -0.3 is 10.1 Å². The lowest BCUT2D eigenvalue weighted by molar-refractivity contribution is 0.0508. The average molecular weight is 253 g/mol. The quantitative estimate of drug-likeness (QED) is 0.897. The van der Waals surface area contributed by atoms with Gasteiger partial charge in [0.1, 0.15) is 11.4 Å². The average Bonchev–Trinajstić information content (AvgIpc) is 2.18. The molecule has 100 valence electrons. The number of ether oxygens (including phenoxy) is 1. The van der Waals surface area contributed by atoms with Crippen LogP contribution < -0.4 is 5.32 Å². The molecule has 0 heterocycles. The highest BCUT2D eigenvalue weighted by Crippen LogP contribution is 2.08. The molecule has 1 unspecified atom stereocenters. The molecule has 0 aromatic heterocycles. The molecule has 1 aromatic rings. The normalized spacial score (nSPS) is 12.9. The summed E-state index contributed by atoms with van der Waals surface area (Å²) in [7, 11) is 0. The van der Waals surface area contributed by atoms with E-state index in [1.165, 1.54) is 12.1 Å². The van der Waals surface area contributed by atoms with Crippen LogP contribution in [0.4, 0.5) is 9.18 Å². The summed E-state index contributed by atoms with van der Waals surface area (Å²) >= 11 is 0. The van der Waals surface area contributed by atoms with E-state index >= 15 is 0 Å². The summed E-state index contributed by atoms with van der Waals surface area (Å²) in [6.45, 7) is 7.33. The zero-order valence-corrected chi connectivity index (χ0v) is 11.3. The summed E-state index contributed by atoms with van der Waals surface area (Å²) in [5, 5.41) is 2.74. The zero-order valence-electron chi connectivity index (χ0n) is 11.3. The van der Waals surface area contributed by atoms with Gasteiger partial charge in [-0.1, -0.05) is 12.1 Å². The van der Waals surface area contributed by atoms with E-state index in [4.69, 9.17) is 4.74 Å². The monoisotopic (exact) mass is 253 g/mol. The molecular weight excluding hydrogens is 233 g/mol. The molecule has 4 heteroatoms. The van der Waals surface area contributed by atoms with Crippen LogP contribution in [-0.2, 0) is 11.2 Å². The molecule has 0 aliphatic carbocycles. The van der Waals surface area contributed by atoms with Crippen LogP contribution in [0.15, 0.2) is 24.3 Å². The topological polar surface area (TPSA) is 38.3 Å². The lowest BCUT2D eigenvalue weighted by Gasteiger charge is -2.22. The smallest absolute Gasteiger partial charge is 0.407 e. The van der Waals surface area contributed by atoms with Crippen molar-refractivity contribution in [2.45, 2.75) is 45.8 Å². The number of carbonyl (C=O) groups is 1.